The second-order valence-corrected chi connectivity index (χ2v) is 3.85. The minimum atomic E-state index is -1.06. The molecule has 0 spiro atoms. The molecule has 0 saturated heterocycles. The number of pyridine rings is 1. The summed E-state index contributed by atoms with van der Waals surface area (Å²) in [5.41, 5.74) is 0.224. The van der Waals surface area contributed by atoms with Gasteiger partial charge in [0.1, 0.15) is 0 Å². The van der Waals surface area contributed by atoms with Gasteiger partial charge in [-0.15, -0.1) is 0 Å². The highest BCUT2D eigenvalue weighted by Gasteiger charge is 2.10. The molecule has 1 aromatic carbocycles. The number of carbonyl (C=O) groups is 1. The molecule has 76 valence electrons. The lowest BCUT2D eigenvalue weighted by molar-refractivity contribution is 0.0699. The first-order valence-electron chi connectivity index (χ1n) is 4.14. The lowest BCUT2D eigenvalue weighted by Crippen LogP contribution is -2.07. The van der Waals surface area contributed by atoms with Crippen LogP contribution in [0.15, 0.2) is 33.7 Å². The van der Waals surface area contributed by atoms with Crippen LogP contribution in [0.2, 0.25) is 0 Å². The molecule has 4 nitrogen and oxygen atoms in total. The fourth-order valence-corrected chi connectivity index (χ4v) is 1.73. The number of halogens is 1. The van der Waals surface area contributed by atoms with E-state index < -0.39 is 5.97 Å². The molecule has 2 N–H and O–H groups in total. The Kier molecular flexibility index (Phi) is 2.32. The molecule has 0 radical (unpaired) electrons. The van der Waals surface area contributed by atoms with Crippen molar-refractivity contribution in [3.8, 4) is 0 Å². The molecule has 0 fully saturated rings. The fraction of sp³-hybridized carbons (Fsp3) is 0. The van der Waals surface area contributed by atoms with Crippen molar-refractivity contribution in [1.29, 1.82) is 0 Å². The predicted octanol–water partition coefficient (Wildman–Crippen LogP) is 1.99. The van der Waals surface area contributed by atoms with Crippen molar-refractivity contribution in [3.05, 3.63) is 44.7 Å². The second kappa shape index (κ2) is 3.51. The number of para-hydroxylation sites is 1. The summed E-state index contributed by atoms with van der Waals surface area (Å²) in [5, 5.41) is 9.27. The number of carboxylic acid groups (broad SMARTS) is 1. The minimum absolute atomic E-state index is 0.0945. The van der Waals surface area contributed by atoms with Crippen LogP contribution in [0.3, 0.4) is 0 Å². The zero-order valence-corrected chi connectivity index (χ0v) is 9.04. The van der Waals surface area contributed by atoms with Crippen LogP contribution in [-0.4, -0.2) is 16.1 Å². The van der Waals surface area contributed by atoms with Crippen molar-refractivity contribution in [2.45, 2.75) is 0 Å². The van der Waals surface area contributed by atoms with Gasteiger partial charge in [-0.2, -0.15) is 0 Å². The van der Waals surface area contributed by atoms with E-state index in [0.29, 0.717) is 15.4 Å². The molecule has 1 aromatic heterocycles. The molecule has 0 saturated carbocycles. The molecule has 5 heteroatoms. The Labute approximate surface area is 92.7 Å². The number of nitrogens with one attached hydrogen (secondary N) is 1. The first-order valence-corrected chi connectivity index (χ1v) is 4.94. The highest BCUT2D eigenvalue weighted by atomic mass is 79.9. The summed E-state index contributed by atoms with van der Waals surface area (Å²) in [6.45, 7) is 0. The Bertz CT molecular complexity index is 603. The predicted molar refractivity (Wildman–Crippen MR) is 59.2 cm³/mol. The van der Waals surface area contributed by atoms with Gasteiger partial charge in [-0.3, -0.25) is 4.79 Å². The van der Waals surface area contributed by atoms with Crippen LogP contribution in [0.5, 0.6) is 0 Å². The number of hydrogen-bond donors (Lipinski definition) is 2. The zero-order valence-electron chi connectivity index (χ0n) is 7.45. The molecule has 2 rings (SSSR count). The molecule has 15 heavy (non-hydrogen) atoms. The maximum atomic E-state index is 11.6. The average Bonchev–Trinajstić information content (AvgIpc) is 2.23. The van der Waals surface area contributed by atoms with E-state index in [1.165, 1.54) is 12.3 Å². The zero-order chi connectivity index (χ0) is 11.0. The smallest absolute Gasteiger partial charge is 0.337 e. The molecule has 0 bridgehead atoms. The largest absolute Gasteiger partial charge is 0.478 e. The summed E-state index contributed by atoms with van der Waals surface area (Å²) in [4.78, 5) is 25.3. The number of aromatic nitrogens is 1. The van der Waals surface area contributed by atoms with Gasteiger partial charge >= 0.3 is 5.97 Å². The number of carboxylic acids is 1. The van der Waals surface area contributed by atoms with Gasteiger partial charge in [0, 0.05) is 11.6 Å². The van der Waals surface area contributed by atoms with Gasteiger partial charge in [-0.05, 0) is 28.1 Å². The Morgan fingerprint density at radius 2 is 2.13 bits per heavy atom. The molecule has 0 aliphatic carbocycles. The molecule has 0 aliphatic rings. The van der Waals surface area contributed by atoms with Crippen molar-refractivity contribution in [2.75, 3.05) is 0 Å². The van der Waals surface area contributed by atoms with Gasteiger partial charge in [0.2, 0.25) is 5.43 Å². The number of hydrogen-bond acceptors (Lipinski definition) is 2. The summed E-state index contributed by atoms with van der Waals surface area (Å²) in [6, 6.07) is 4.59. The monoisotopic (exact) mass is 267 g/mol. The van der Waals surface area contributed by atoms with E-state index in [1.807, 2.05) is 0 Å². The van der Waals surface area contributed by atoms with E-state index in [1.54, 1.807) is 12.1 Å². The highest BCUT2D eigenvalue weighted by molar-refractivity contribution is 9.10. The molecule has 0 unspecified atom stereocenters. The van der Waals surface area contributed by atoms with Gasteiger partial charge in [-0.25, -0.2) is 4.79 Å². The quantitative estimate of drug-likeness (QED) is 0.830. The van der Waals surface area contributed by atoms with E-state index in [9.17, 15) is 9.59 Å². The highest BCUT2D eigenvalue weighted by Crippen LogP contribution is 2.15. The van der Waals surface area contributed by atoms with Crippen molar-refractivity contribution < 1.29 is 9.90 Å². The number of H-pyrrole nitrogens is 1. The third kappa shape index (κ3) is 1.55. The van der Waals surface area contributed by atoms with Gasteiger partial charge in [0.15, 0.2) is 0 Å². The lowest BCUT2D eigenvalue weighted by Gasteiger charge is -2.01. The van der Waals surface area contributed by atoms with Crippen LogP contribution >= 0.6 is 15.9 Å². The van der Waals surface area contributed by atoms with Crippen molar-refractivity contribution in [3.63, 3.8) is 0 Å². The maximum Gasteiger partial charge on any atom is 0.337 e. The van der Waals surface area contributed by atoms with Crippen LogP contribution in [0, 0.1) is 0 Å². The summed E-state index contributed by atoms with van der Waals surface area (Å²) in [6.07, 6.45) is 1.44. The number of fused-ring (bicyclic) bond motifs is 1. The molecule has 0 aliphatic heterocycles. The van der Waals surface area contributed by atoms with E-state index >= 15 is 0 Å². The third-order valence-electron chi connectivity index (χ3n) is 2.10. The van der Waals surface area contributed by atoms with E-state index in [-0.39, 0.29) is 11.0 Å². The number of rotatable bonds is 1. The van der Waals surface area contributed by atoms with E-state index in [0.717, 1.165) is 0 Å². The minimum Gasteiger partial charge on any atom is -0.478 e. The average molecular weight is 268 g/mol. The summed E-state index contributed by atoms with van der Waals surface area (Å²) in [7, 11) is 0. The fourth-order valence-electron chi connectivity index (χ4n) is 1.40. The van der Waals surface area contributed by atoms with Crippen LogP contribution in [0.25, 0.3) is 10.9 Å². The van der Waals surface area contributed by atoms with Gasteiger partial charge in [0.25, 0.3) is 0 Å². The lowest BCUT2D eigenvalue weighted by atomic mass is 10.1. The molecule has 0 atom stereocenters. The topological polar surface area (TPSA) is 70.2 Å². The van der Waals surface area contributed by atoms with Gasteiger partial charge < -0.3 is 10.1 Å². The SMILES string of the molecule is O=C(O)c1cccc2c(=O)c(Br)c[nH]c12. The molecule has 2 aromatic rings. The normalized spacial score (nSPS) is 10.5. The Hall–Kier alpha value is -1.62. The van der Waals surface area contributed by atoms with Crippen molar-refractivity contribution in [2.24, 2.45) is 0 Å². The van der Waals surface area contributed by atoms with E-state index in [2.05, 4.69) is 20.9 Å². The van der Waals surface area contributed by atoms with Crippen LogP contribution in [-0.2, 0) is 0 Å². The molecular formula is C10H6BrNO3. The molecule has 0 amide bonds. The molecule has 1 heterocycles. The Balaban J connectivity index is 2.96. The van der Waals surface area contributed by atoms with Crippen LogP contribution in [0.1, 0.15) is 10.4 Å². The van der Waals surface area contributed by atoms with E-state index in [4.69, 9.17) is 5.11 Å². The summed E-state index contributed by atoms with van der Waals surface area (Å²) in [5.74, 6) is -1.06. The number of aromatic amines is 1. The Morgan fingerprint density at radius 3 is 2.80 bits per heavy atom. The van der Waals surface area contributed by atoms with Crippen LogP contribution in [0.4, 0.5) is 0 Å². The van der Waals surface area contributed by atoms with Crippen LogP contribution < -0.4 is 5.43 Å². The Morgan fingerprint density at radius 1 is 1.40 bits per heavy atom. The summed E-state index contributed by atoms with van der Waals surface area (Å²) < 4.78 is 0.387. The van der Waals surface area contributed by atoms with Crippen molar-refractivity contribution in [1.82, 2.24) is 4.98 Å². The molecular weight excluding hydrogens is 262 g/mol. The standard InChI is InChI=1S/C10H6BrNO3/c11-7-4-12-8-5(9(7)13)2-1-3-6(8)10(14)15/h1-4H,(H,12,13)(H,14,15). The van der Waals surface area contributed by atoms with Gasteiger partial charge in [0.05, 0.1) is 15.6 Å². The number of benzene rings is 1. The number of aromatic carboxylic acids is 1. The van der Waals surface area contributed by atoms with Gasteiger partial charge in [-0.1, -0.05) is 6.07 Å². The maximum absolute atomic E-state index is 11.6. The second-order valence-electron chi connectivity index (χ2n) is 3.00. The first kappa shape index (κ1) is 9.92. The van der Waals surface area contributed by atoms with Crippen molar-refractivity contribution >= 4 is 32.8 Å². The first-order chi connectivity index (χ1) is 7.11. The third-order valence-corrected chi connectivity index (χ3v) is 2.69. The summed E-state index contributed by atoms with van der Waals surface area (Å²) >= 11 is 3.09.